The lowest BCUT2D eigenvalue weighted by atomic mass is 9.88. The molecule has 86 valence electrons. The van der Waals surface area contributed by atoms with Crippen molar-refractivity contribution in [2.24, 2.45) is 11.7 Å². The SMILES string of the molecule is CC(C)C1CC(N)(C(=O)O)c2ccccc21. The van der Waals surface area contributed by atoms with Crippen molar-refractivity contribution in [3.8, 4) is 0 Å². The number of hydrogen-bond acceptors (Lipinski definition) is 2. The van der Waals surface area contributed by atoms with Gasteiger partial charge in [0.2, 0.25) is 0 Å². The van der Waals surface area contributed by atoms with Crippen LogP contribution in [-0.4, -0.2) is 11.1 Å². The van der Waals surface area contributed by atoms with E-state index in [1.54, 1.807) is 0 Å². The van der Waals surface area contributed by atoms with E-state index in [0.717, 1.165) is 11.1 Å². The van der Waals surface area contributed by atoms with Crippen LogP contribution in [0.4, 0.5) is 0 Å². The van der Waals surface area contributed by atoms with Gasteiger partial charge in [0.15, 0.2) is 0 Å². The number of rotatable bonds is 2. The summed E-state index contributed by atoms with van der Waals surface area (Å²) in [5.74, 6) is -0.272. The summed E-state index contributed by atoms with van der Waals surface area (Å²) >= 11 is 0. The summed E-state index contributed by atoms with van der Waals surface area (Å²) in [5.41, 5.74) is 6.72. The van der Waals surface area contributed by atoms with Gasteiger partial charge in [-0.2, -0.15) is 0 Å². The Bertz CT molecular complexity index is 428. The molecule has 0 aliphatic heterocycles. The molecule has 1 aliphatic carbocycles. The minimum atomic E-state index is -1.20. The van der Waals surface area contributed by atoms with Crippen molar-refractivity contribution in [2.75, 3.05) is 0 Å². The third-order valence-electron chi connectivity index (χ3n) is 3.57. The van der Waals surface area contributed by atoms with Crippen molar-refractivity contribution >= 4 is 5.97 Å². The first-order valence-corrected chi connectivity index (χ1v) is 5.58. The Labute approximate surface area is 95.3 Å². The van der Waals surface area contributed by atoms with Crippen LogP contribution in [0.25, 0.3) is 0 Å². The second-order valence-corrected chi connectivity index (χ2v) is 4.92. The smallest absolute Gasteiger partial charge is 0.328 e. The van der Waals surface area contributed by atoms with Crippen molar-refractivity contribution in [2.45, 2.75) is 31.7 Å². The van der Waals surface area contributed by atoms with Gasteiger partial charge in [-0.05, 0) is 29.4 Å². The molecule has 0 spiro atoms. The van der Waals surface area contributed by atoms with Crippen LogP contribution in [0.1, 0.15) is 37.3 Å². The first kappa shape index (κ1) is 11.1. The van der Waals surface area contributed by atoms with E-state index in [1.807, 2.05) is 24.3 Å². The molecule has 2 atom stereocenters. The van der Waals surface area contributed by atoms with E-state index in [4.69, 9.17) is 5.73 Å². The van der Waals surface area contributed by atoms with Crippen LogP contribution in [-0.2, 0) is 10.3 Å². The fourth-order valence-electron chi connectivity index (χ4n) is 2.59. The van der Waals surface area contributed by atoms with Crippen LogP contribution in [0.2, 0.25) is 0 Å². The van der Waals surface area contributed by atoms with E-state index in [0.29, 0.717) is 12.3 Å². The van der Waals surface area contributed by atoms with Crippen molar-refractivity contribution in [3.05, 3.63) is 35.4 Å². The molecule has 3 N–H and O–H groups in total. The summed E-state index contributed by atoms with van der Waals surface area (Å²) in [6.45, 7) is 4.21. The normalized spacial score (nSPS) is 28.1. The molecule has 2 rings (SSSR count). The molecule has 1 aromatic carbocycles. The summed E-state index contributed by atoms with van der Waals surface area (Å²) < 4.78 is 0. The maximum absolute atomic E-state index is 11.3. The van der Waals surface area contributed by atoms with Crippen LogP contribution in [0.3, 0.4) is 0 Å². The molecule has 3 nitrogen and oxygen atoms in total. The maximum Gasteiger partial charge on any atom is 0.328 e. The standard InChI is InChI=1S/C13H17NO2/c1-8(2)10-7-13(14,12(15)16)11-6-4-3-5-9(10)11/h3-6,8,10H,7,14H2,1-2H3,(H,15,16). The second-order valence-electron chi connectivity index (χ2n) is 4.92. The molecule has 0 saturated heterocycles. The van der Waals surface area contributed by atoms with E-state index >= 15 is 0 Å². The highest BCUT2D eigenvalue weighted by atomic mass is 16.4. The molecule has 0 radical (unpaired) electrons. The number of carboxylic acid groups (broad SMARTS) is 1. The van der Waals surface area contributed by atoms with Crippen LogP contribution in [0, 0.1) is 5.92 Å². The highest BCUT2D eigenvalue weighted by molar-refractivity contribution is 5.82. The van der Waals surface area contributed by atoms with Gasteiger partial charge in [-0.3, -0.25) is 0 Å². The predicted octanol–water partition coefficient (Wildman–Crippen LogP) is 2.07. The number of fused-ring (bicyclic) bond motifs is 1. The Balaban J connectivity index is 2.55. The maximum atomic E-state index is 11.3. The minimum Gasteiger partial charge on any atom is -0.480 e. The number of hydrogen-bond donors (Lipinski definition) is 2. The Hall–Kier alpha value is -1.35. The zero-order valence-corrected chi connectivity index (χ0v) is 9.60. The molecule has 16 heavy (non-hydrogen) atoms. The number of nitrogens with two attached hydrogens (primary N) is 1. The molecular weight excluding hydrogens is 202 g/mol. The fourth-order valence-corrected chi connectivity index (χ4v) is 2.59. The molecule has 1 aromatic rings. The van der Waals surface area contributed by atoms with Crippen LogP contribution in [0.5, 0.6) is 0 Å². The first-order chi connectivity index (χ1) is 7.47. The van der Waals surface area contributed by atoms with E-state index in [9.17, 15) is 9.90 Å². The van der Waals surface area contributed by atoms with Crippen molar-refractivity contribution in [1.29, 1.82) is 0 Å². The lowest BCUT2D eigenvalue weighted by molar-refractivity contribution is -0.143. The van der Waals surface area contributed by atoms with Crippen LogP contribution >= 0.6 is 0 Å². The third kappa shape index (κ3) is 1.43. The number of carboxylic acids is 1. The first-order valence-electron chi connectivity index (χ1n) is 5.58. The van der Waals surface area contributed by atoms with Crippen LogP contribution in [0.15, 0.2) is 24.3 Å². The number of carbonyl (C=O) groups is 1. The van der Waals surface area contributed by atoms with Gasteiger partial charge in [0.05, 0.1) is 0 Å². The Morgan fingerprint density at radius 3 is 2.69 bits per heavy atom. The monoisotopic (exact) mass is 219 g/mol. The lowest BCUT2D eigenvalue weighted by Crippen LogP contribution is -2.43. The average molecular weight is 219 g/mol. The van der Waals surface area contributed by atoms with Crippen molar-refractivity contribution in [3.63, 3.8) is 0 Å². The molecule has 0 fully saturated rings. The molecule has 0 heterocycles. The average Bonchev–Trinajstić information content (AvgIpc) is 2.55. The quantitative estimate of drug-likeness (QED) is 0.800. The molecule has 0 aromatic heterocycles. The molecule has 0 bridgehead atoms. The molecule has 3 heteroatoms. The van der Waals surface area contributed by atoms with Gasteiger partial charge < -0.3 is 10.8 Å². The van der Waals surface area contributed by atoms with Crippen molar-refractivity contribution in [1.82, 2.24) is 0 Å². The summed E-state index contributed by atoms with van der Waals surface area (Å²) in [5, 5.41) is 9.29. The summed E-state index contributed by atoms with van der Waals surface area (Å²) in [6, 6.07) is 7.64. The molecule has 0 amide bonds. The summed E-state index contributed by atoms with van der Waals surface area (Å²) in [7, 11) is 0. The van der Waals surface area contributed by atoms with Gasteiger partial charge in [0.1, 0.15) is 5.54 Å². The Kier molecular flexibility index (Phi) is 2.50. The third-order valence-corrected chi connectivity index (χ3v) is 3.57. The second kappa shape index (κ2) is 3.59. The van der Waals surface area contributed by atoms with Gasteiger partial charge in [0, 0.05) is 0 Å². The largest absolute Gasteiger partial charge is 0.480 e. The van der Waals surface area contributed by atoms with E-state index in [1.165, 1.54) is 0 Å². The van der Waals surface area contributed by atoms with Gasteiger partial charge in [-0.1, -0.05) is 38.1 Å². The Morgan fingerprint density at radius 1 is 1.50 bits per heavy atom. The van der Waals surface area contributed by atoms with Crippen LogP contribution < -0.4 is 5.73 Å². The zero-order valence-electron chi connectivity index (χ0n) is 9.60. The number of benzene rings is 1. The molecule has 0 saturated carbocycles. The highest BCUT2D eigenvalue weighted by Gasteiger charge is 2.47. The fraction of sp³-hybridized carbons (Fsp3) is 0.462. The number of aliphatic carboxylic acids is 1. The van der Waals surface area contributed by atoms with Gasteiger partial charge in [-0.15, -0.1) is 0 Å². The molecular formula is C13H17NO2. The minimum absolute atomic E-state index is 0.247. The van der Waals surface area contributed by atoms with E-state index < -0.39 is 11.5 Å². The highest BCUT2D eigenvalue weighted by Crippen LogP contribution is 2.46. The van der Waals surface area contributed by atoms with E-state index in [-0.39, 0.29) is 5.92 Å². The topological polar surface area (TPSA) is 63.3 Å². The van der Waals surface area contributed by atoms with Crippen molar-refractivity contribution < 1.29 is 9.90 Å². The molecule has 2 unspecified atom stereocenters. The zero-order chi connectivity index (χ0) is 11.9. The van der Waals surface area contributed by atoms with Gasteiger partial charge in [-0.25, -0.2) is 4.79 Å². The Morgan fingerprint density at radius 2 is 2.12 bits per heavy atom. The lowest BCUT2D eigenvalue weighted by Gasteiger charge is -2.21. The molecule has 1 aliphatic rings. The predicted molar refractivity (Wildman–Crippen MR) is 62.1 cm³/mol. The summed E-state index contributed by atoms with van der Waals surface area (Å²) in [4.78, 5) is 11.3. The van der Waals surface area contributed by atoms with Gasteiger partial charge in [0.25, 0.3) is 0 Å². The van der Waals surface area contributed by atoms with Gasteiger partial charge >= 0.3 is 5.97 Å². The van der Waals surface area contributed by atoms with E-state index in [2.05, 4.69) is 13.8 Å². The summed E-state index contributed by atoms with van der Waals surface area (Å²) in [6.07, 6.45) is 0.499.